The third-order valence-corrected chi connectivity index (χ3v) is 4.96. The van der Waals surface area contributed by atoms with Gasteiger partial charge in [-0.1, -0.05) is 25.1 Å². The molecule has 6 heteroatoms. The van der Waals surface area contributed by atoms with E-state index in [4.69, 9.17) is 4.42 Å². The molecule has 0 aliphatic heterocycles. The number of nitrogens with zero attached hydrogens (tertiary/aromatic N) is 2. The Morgan fingerprint density at radius 1 is 1.08 bits per heavy atom. The van der Waals surface area contributed by atoms with Gasteiger partial charge in [-0.2, -0.15) is 0 Å². The zero-order valence-corrected chi connectivity index (χ0v) is 15.3. The third-order valence-electron chi connectivity index (χ3n) is 3.73. The number of aryl methyl sites for hydroxylation is 1. The third kappa shape index (κ3) is 4.70. The fraction of sp³-hybridized carbons (Fsp3) is 0.263. The van der Waals surface area contributed by atoms with Gasteiger partial charge in [-0.25, -0.2) is 4.98 Å². The van der Waals surface area contributed by atoms with Crippen molar-refractivity contribution in [3.05, 3.63) is 64.2 Å². The van der Waals surface area contributed by atoms with Crippen molar-refractivity contribution in [3.8, 4) is 11.5 Å². The smallest absolute Gasteiger partial charge is 0.226 e. The second-order valence-electron chi connectivity index (χ2n) is 5.51. The SMILES string of the molecule is CCc1ccc(CNC(=NC)NCc2coc(-c3ccccc3)n2)s1. The molecule has 25 heavy (non-hydrogen) atoms. The van der Waals surface area contributed by atoms with Crippen LogP contribution in [0.25, 0.3) is 11.5 Å². The number of aliphatic imine (C=N–C) groups is 1. The van der Waals surface area contributed by atoms with Gasteiger partial charge in [0.1, 0.15) is 6.26 Å². The van der Waals surface area contributed by atoms with E-state index in [9.17, 15) is 0 Å². The molecule has 0 atom stereocenters. The monoisotopic (exact) mass is 354 g/mol. The van der Waals surface area contributed by atoms with Crippen LogP contribution in [0.3, 0.4) is 0 Å². The minimum Gasteiger partial charge on any atom is -0.444 e. The Morgan fingerprint density at radius 2 is 1.84 bits per heavy atom. The van der Waals surface area contributed by atoms with Crippen LogP contribution in [0.2, 0.25) is 0 Å². The average Bonchev–Trinajstić information content (AvgIpc) is 3.32. The van der Waals surface area contributed by atoms with Gasteiger partial charge in [-0.15, -0.1) is 11.3 Å². The van der Waals surface area contributed by atoms with Gasteiger partial charge in [-0.3, -0.25) is 4.99 Å². The second-order valence-corrected chi connectivity index (χ2v) is 6.76. The minimum atomic E-state index is 0.556. The summed E-state index contributed by atoms with van der Waals surface area (Å²) in [5.74, 6) is 1.38. The van der Waals surface area contributed by atoms with Crippen molar-refractivity contribution in [1.82, 2.24) is 15.6 Å². The van der Waals surface area contributed by atoms with Gasteiger partial charge < -0.3 is 15.1 Å². The lowest BCUT2D eigenvalue weighted by atomic mass is 10.2. The van der Waals surface area contributed by atoms with E-state index in [0.29, 0.717) is 12.4 Å². The summed E-state index contributed by atoms with van der Waals surface area (Å²) in [6.07, 6.45) is 2.75. The van der Waals surface area contributed by atoms with Crippen LogP contribution in [0.1, 0.15) is 22.4 Å². The summed E-state index contributed by atoms with van der Waals surface area (Å²) in [5, 5.41) is 6.59. The molecule has 0 fully saturated rings. The summed E-state index contributed by atoms with van der Waals surface area (Å²) in [6.45, 7) is 3.49. The highest BCUT2D eigenvalue weighted by molar-refractivity contribution is 7.11. The number of benzene rings is 1. The van der Waals surface area contributed by atoms with Crippen LogP contribution in [0, 0.1) is 0 Å². The lowest BCUT2D eigenvalue weighted by Crippen LogP contribution is -2.36. The summed E-state index contributed by atoms with van der Waals surface area (Å²) >= 11 is 1.83. The Labute approximate surface area is 151 Å². The molecule has 2 aromatic heterocycles. The summed E-state index contributed by atoms with van der Waals surface area (Å²) in [4.78, 5) is 11.5. The fourth-order valence-corrected chi connectivity index (χ4v) is 3.27. The normalized spacial score (nSPS) is 11.5. The molecule has 0 aliphatic rings. The molecule has 0 spiro atoms. The number of nitrogens with one attached hydrogen (secondary N) is 2. The molecule has 130 valence electrons. The van der Waals surface area contributed by atoms with Crippen LogP contribution in [0.5, 0.6) is 0 Å². The Morgan fingerprint density at radius 3 is 2.56 bits per heavy atom. The summed E-state index contributed by atoms with van der Waals surface area (Å²) in [5.41, 5.74) is 1.81. The molecule has 1 aromatic carbocycles. The first-order valence-electron chi connectivity index (χ1n) is 8.30. The molecular formula is C19H22N4OS. The standard InChI is InChI=1S/C19H22N4OS/c1-3-16-9-10-17(25-16)12-22-19(20-2)21-11-15-13-24-18(23-15)14-7-5-4-6-8-14/h4-10,13H,3,11-12H2,1-2H3,(H2,20,21,22). The van der Waals surface area contributed by atoms with Crippen molar-refractivity contribution >= 4 is 17.3 Å². The van der Waals surface area contributed by atoms with Crippen LogP contribution in [0.15, 0.2) is 58.1 Å². The van der Waals surface area contributed by atoms with Gasteiger partial charge in [0.15, 0.2) is 5.96 Å². The van der Waals surface area contributed by atoms with Gasteiger partial charge in [-0.05, 0) is 30.7 Å². The van der Waals surface area contributed by atoms with E-state index in [1.54, 1.807) is 13.3 Å². The molecule has 0 unspecified atom stereocenters. The molecule has 2 N–H and O–H groups in total. The van der Waals surface area contributed by atoms with E-state index < -0.39 is 0 Å². The van der Waals surface area contributed by atoms with Gasteiger partial charge in [0.25, 0.3) is 0 Å². The van der Waals surface area contributed by atoms with Gasteiger partial charge in [0.2, 0.25) is 5.89 Å². The highest BCUT2D eigenvalue weighted by atomic mass is 32.1. The summed E-state index contributed by atoms with van der Waals surface area (Å²) in [6, 6.07) is 14.2. The van der Waals surface area contributed by atoms with E-state index in [-0.39, 0.29) is 0 Å². The highest BCUT2D eigenvalue weighted by Gasteiger charge is 2.07. The van der Waals surface area contributed by atoms with Crippen LogP contribution in [-0.4, -0.2) is 18.0 Å². The largest absolute Gasteiger partial charge is 0.444 e. The summed E-state index contributed by atoms with van der Waals surface area (Å²) < 4.78 is 5.55. The van der Waals surface area contributed by atoms with Gasteiger partial charge in [0.05, 0.1) is 18.8 Å². The first-order chi connectivity index (χ1) is 12.3. The molecular weight excluding hydrogens is 332 g/mol. The zero-order chi connectivity index (χ0) is 17.5. The van der Waals surface area contributed by atoms with E-state index in [2.05, 4.69) is 39.7 Å². The quantitative estimate of drug-likeness (QED) is 0.522. The number of guanidine groups is 1. The predicted octanol–water partition coefficient (Wildman–Crippen LogP) is 3.83. The lowest BCUT2D eigenvalue weighted by Gasteiger charge is -2.09. The molecule has 0 aliphatic carbocycles. The van der Waals surface area contributed by atoms with E-state index >= 15 is 0 Å². The number of oxazole rings is 1. The van der Waals surface area contributed by atoms with Crippen LogP contribution in [0.4, 0.5) is 0 Å². The van der Waals surface area contributed by atoms with Crippen LogP contribution >= 0.6 is 11.3 Å². The Hall–Kier alpha value is -2.60. The average molecular weight is 354 g/mol. The number of hydrogen-bond donors (Lipinski definition) is 2. The molecule has 3 aromatic rings. The highest BCUT2D eigenvalue weighted by Crippen LogP contribution is 2.18. The topological polar surface area (TPSA) is 62.5 Å². The molecule has 0 amide bonds. The van der Waals surface area contributed by atoms with Crippen molar-refractivity contribution in [2.75, 3.05) is 7.05 Å². The Balaban J connectivity index is 1.52. The van der Waals surface area contributed by atoms with Crippen molar-refractivity contribution in [2.24, 2.45) is 4.99 Å². The number of rotatable bonds is 6. The maximum atomic E-state index is 5.55. The number of aromatic nitrogens is 1. The predicted molar refractivity (Wildman–Crippen MR) is 103 cm³/mol. The maximum absolute atomic E-state index is 5.55. The molecule has 0 saturated heterocycles. The van der Waals surface area contributed by atoms with Crippen LogP contribution in [-0.2, 0) is 19.5 Å². The fourth-order valence-electron chi connectivity index (χ4n) is 2.37. The maximum Gasteiger partial charge on any atom is 0.226 e. The lowest BCUT2D eigenvalue weighted by molar-refractivity contribution is 0.572. The number of hydrogen-bond acceptors (Lipinski definition) is 4. The Kier molecular flexibility index (Phi) is 5.85. The van der Waals surface area contributed by atoms with E-state index in [1.807, 2.05) is 41.7 Å². The molecule has 0 saturated carbocycles. The Bertz CT molecular complexity index is 823. The molecule has 2 heterocycles. The zero-order valence-electron chi connectivity index (χ0n) is 14.5. The van der Waals surface area contributed by atoms with Crippen molar-refractivity contribution in [2.45, 2.75) is 26.4 Å². The number of thiophene rings is 1. The second kappa shape index (κ2) is 8.48. The molecule has 0 bridgehead atoms. The summed E-state index contributed by atoms with van der Waals surface area (Å²) in [7, 11) is 1.76. The molecule has 0 radical (unpaired) electrons. The van der Waals surface area contributed by atoms with E-state index in [1.165, 1.54) is 9.75 Å². The first kappa shape index (κ1) is 17.2. The van der Waals surface area contributed by atoms with Gasteiger partial charge >= 0.3 is 0 Å². The van der Waals surface area contributed by atoms with E-state index in [0.717, 1.165) is 30.2 Å². The molecule has 3 rings (SSSR count). The van der Waals surface area contributed by atoms with Crippen molar-refractivity contribution in [1.29, 1.82) is 0 Å². The molecule has 5 nitrogen and oxygen atoms in total. The van der Waals surface area contributed by atoms with Crippen LogP contribution < -0.4 is 10.6 Å². The van der Waals surface area contributed by atoms with Crippen molar-refractivity contribution in [3.63, 3.8) is 0 Å². The van der Waals surface area contributed by atoms with Gasteiger partial charge in [0, 0.05) is 22.4 Å². The van der Waals surface area contributed by atoms with Crippen molar-refractivity contribution < 1.29 is 4.42 Å². The first-order valence-corrected chi connectivity index (χ1v) is 9.12. The minimum absolute atomic E-state index is 0.556.